The monoisotopic (exact) mass is 356 g/mol. The molecule has 132 valence electrons. The maximum atomic E-state index is 12.4. The van der Waals surface area contributed by atoms with Crippen molar-refractivity contribution in [1.29, 1.82) is 0 Å². The van der Waals surface area contributed by atoms with Crippen LogP contribution >= 0.6 is 11.6 Å². The molecule has 0 bridgehead atoms. The fourth-order valence-electron chi connectivity index (χ4n) is 3.39. The molecule has 0 aliphatic carbocycles. The van der Waals surface area contributed by atoms with Gasteiger partial charge in [-0.3, -0.25) is 4.79 Å². The molecule has 1 aliphatic rings. The molecule has 1 N–H and O–H groups in total. The van der Waals surface area contributed by atoms with Gasteiger partial charge in [-0.1, -0.05) is 60.1 Å². The molecule has 1 heterocycles. The minimum atomic E-state index is 0.185. The lowest BCUT2D eigenvalue weighted by atomic mass is 9.90. The van der Waals surface area contributed by atoms with Crippen LogP contribution in [0.25, 0.3) is 0 Å². The second-order valence-corrected chi connectivity index (χ2v) is 7.12. The Morgan fingerprint density at radius 2 is 1.72 bits per heavy atom. The van der Waals surface area contributed by atoms with Crippen molar-refractivity contribution in [3.8, 4) is 0 Å². The van der Waals surface area contributed by atoms with Crippen LogP contribution in [-0.4, -0.2) is 30.4 Å². The van der Waals surface area contributed by atoms with E-state index in [-0.39, 0.29) is 5.91 Å². The van der Waals surface area contributed by atoms with Crippen LogP contribution in [0.15, 0.2) is 54.6 Å². The second kappa shape index (κ2) is 9.02. The molecule has 4 heteroatoms. The van der Waals surface area contributed by atoms with Crippen LogP contribution in [0.1, 0.15) is 24.0 Å². The molecule has 0 radical (unpaired) electrons. The van der Waals surface area contributed by atoms with Crippen LogP contribution in [0.3, 0.4) is 0 Å². The van der Waals surface area contributed by atoms with Crippen LogP contribution < -0.4 is 5.32 Å². The number of nitrogens with one attached hydrogen (secondary N) is 1. The van der Waals surface area contributed by atoms with E-state index in [1.807, 2.05) is 29.2 Å². The number of rotatable bonds is 6. The zero-order valence-electron chi connectivity index (χ0n) is 14.5. The largest absolute Gasteiger partial charge is 0.342 e. The van der Waals surface area contributed by atoms with Gasteiger partial charge in [0.05, 0.1) is 6.54 Å². The van der Waals surface area contributed by atoms with Crippen LogP contribution in [0.5, 0.6) is 0 Å². The zero-order valence-corrected chi connectivity index (χ0v) is 15.2. The highest BCUT2D eigenvalue weighted by Gasteiger charge is 2.22. The summed E-state index contributed by atoms with van der Waals surface area (Å²) in [5.41, 5.74) is 2.42. The predicted octanol–water partition coefficient (Wildman–Crippen LogP) is 3.91. The quantitative estimate of drug-likeness (QED) is 0.851. The number of carbonyl (C=O) groups is 1. The summed E-state index contributed by atoms with van der Waals surface area (Å²) >= 11 is 6.14. The third-order valence-electron chi connectivity index (χ3n) is 4.88. The number of halogens is 1. The fourth-order valence-corrected chi connectivity index (χ4v) is 3.59. The Morgan fingerprint density at radius 3 is 2.44 bits per heavy atom. The number of hydrogen-bond acceptors (Lipinski definition) is 2. The number of carbonyl (C=O) groups excluding carboxylic acids is 1. The van der Waals surface area contributed by atoms with E-state index in [1.165, 1.54) is 5.56 Å². The fraction of sp³-hybridized carbons (Fsp3) is 0.381. The van der Waals surface area contributed by atoms with Gasteiger partial charge >= 0.3 is 0 Å². The van der Waals surface area contributed by atoms with E-state index in [1.54, 1.807) is 0 Å². The molecule has 2 aromatic carbocycles. The Kier molecular flexibility index (Phi) is 6.48. The van der Waals surface area contributed by atoms with Gasteiger partial charge in [-0.05, 0) is 42.4 Å². The Balaban J connectivity index is 1.39. The molecule has 1 aliphatic heterocycles. The minimum absolute atomic E-state index is 0.185. The first kappa shape index (κ1) is 18.0. The first-order valence-corrected chi connectivity index (χ1v) is 9.36. The molecule has 0 unspecified atom stereocenters. The first-order valence-electron chi connectivity index (χ1n) is 8.98. The Labute approximate surface area is 155 Å². The third-order valence-corrected chi connectivity index (χ3v) is 5.25. The van der Waals surface area contributed by atoms with E-state index < -0.39 is 0 Å². The lowest BCUT2D eigenvalue weighted by Crippen LogP contribution is -2.43. The maximum absolute atomic E-state index is 12.4. The van der Waals surface area contributed by atoms with Gasteiger partial charge in [-0.25, -0.2) is 0 Å². The van der Waals surface area contributed by atoms with Gasteiger partial charge < -0.3 is 10.2 Å². The van der Waals surface area contributed by atoms with Crippen molar-refractivity contribution in [2.45, 2.75) is 25.8 Å². The summed E-state index contributed by atoms with van der Waals surface area (Å²) in [4.78, 5) is 14.4. The number of hydrogen-bond donors (Lipinski definition) is 1. The molecule has 0 spiro atoms. The molecule has 1 amide bonds. The number of benzene rings is 2. The molecule has 0 atom stereocenters. The SMILES string of the molecule is O=C(CNCc1ccccc1Cl)N1CCC(Cc2ccccc2)CC1. The molecule has 3 nitrogen and oxygen atoms in total. The van der Waals surface area contributed by atoms with E-state index >= 15 is 0 Å². The van der Waals surface area contributed by atoms with Crippen LogP contribution in [0.4, 0.5) is 0 Å². The molecule has 1 fully saturated rings. The summed E-state index contributed by atoms with van der Waals surface area (Å²) < 4.78 is 0. The van der Waals surface area contributed by atoms with Crippen molar-refractivity contribution in [3.63, 3.8) is 0 Å². The van der Waals surface area contributed by atoms with Gasteiger partial charge in [0.1, 0.15) is 0 Å². The Hall–Kier alpha value is -1.84. The lowest BCUT2D eigenvalue weighted by Gasteiger charge is -2.32. The van der Waals surface area contributed by atoms with Crippen molar-refractivity contribution < 1.29 is 4.79 Å². The number of likely N-dealkylation sites (tertiary alicyclic amines) is 1. The summed E-state index contributed by atoms with van der Waals surface area (Å²) in [6.45, 7) is 2.72. The third kappa shape index (κ3) is 5.32. The standard InChI is InChI=1S/C21H25ClN2O/c22-20-9-5-4-8-19(20)15-23-16-21(25)24-12-10-18(11-13-24)14-17-6-2-1-3-7-17/h1-9,18,23H,10-16H2. The smallest absolute Gasteiger partial charge is 0.236 e. The van der Waals surface area contributed by atoms with E-state index in [0.717, 1.165) is 42.9 Å². The van der Waals surface area contributed by atoms with Gasteiger partial charge in [0.2, 0.25) is 5.91 Å². The van der Waals surface area contributed by atoms with Crippen molar-refractivity contribution in [3.05, 3.63) is 70.7 Å². The number of piperidine rings is 1. The number of nitrogens with zero attached hydrogens (tertiary/aromatic N) is 1. The van der Waals surface area contributed by atoms with Crippen molar-refractivity contribution in [2.75, 3.05) is 19.6 Å². The molecular weight excluding hydrogens is 332 g/mol. The zero-order chi connectivity index (χ0) is 17.5. The molecular formula is C21H25ClN2O. The van der Waals surface area contributed by atoms with Gasteiger partial charge in [0.15, 0.2) is 0 Å². The highest BCUT2D eigenvalue weighted by Crippen LogP contribution is 2.21. The average Bonchev–Trinajstić information content (AvgIpc) is 2.65. The van der Waals surface area contributed by atoms with Crippen LogP contribution in [0, 0.1) is 5.92 Å². The number of amides is 1. The average molecular weight is 357 g/mol. The molecule has 1 saturated heterocycles. The summed E-state index contributed by atoms with van der Waals surface area (Å²) in [7, 11) is 0. The highest BCUT2D eigenvalue weighted by atomic mass is 35.5. The summed E-state index contributed by atoms with van der Waals surface area (Å²) in [5.74, 6) is 0.868. The van der Waals surface area contributed by atoms with Crippen molar-refractivity contribution in [1.82, 2.24) is 10.2 Å². The molecule has 2 aromatic rings. The Bertz CT molecular complexity index is 681. The normalized spacial score (nSPS) is 15.3. The van der Waals surface area contributed by atoms with Crippen molar-refractivity contribution in [2.24, 2.45) is 5.92 Å². The molecule has 0 saturated carbocycles. The van der Waals surface area contributed by atoms with E-state index in [4.69, 9.17) is 11.6 Å². The predicted molar refractivity (Wildman–Crippen MR) is 103 cm³/mol. The van der Waals surface area contributed by atoms with E-state index in [2.05, 4.69) is 35.6 Å². The summed E-state index contributed by atoms with van der Waals surface area (Å²) in [5, 5.41) is 3.95. The van der Waals surface area contributed by atoms with Gasteiger partial charge in [0, 0.05) is 24.7 Å². The molecule has 25 heavy (non-hydrogen) atoms. The topological polar surface area (TPSA) is 32.3 Å². The summed E-state index contributed by atoms with van der Waals surface area (Å²) in [6.07, 6.45) is 3.30. The highest BCUT2D eigenvalue weighted by molar-refractivity contribution is 6.31. The van der Waals surface area contributed by atoms with Crippen LogP contribution in [0.2, 0.25) is 5.02 Å². The maximum Gasteiger partial charge on any atom is 0.236 e. The Morgan fingerprint density at radius 1 is 1.04 bits per heavy atom. The van der Waals surface area contributed by atoms with E-state index in [9.17, 15) is 4.79 Å². The van der Waals surface area contributed by atoms with Gasteiger partial charge in [-0.15, -0.1) is 0 Å². The summed E-state index contributed by atoms with van der Waals surface area (Å²) in [6, 6.07) is 18.4. The minimum Gasteiger partial charge on any atom is -0.342 e. The molecule has 0 aromatic heterocycles. The van der Waals surface area contributed by atoms with Crippen LogP contribution in [-0.2, 0) is 17.8 Å². The van der Waals surface area contributed by atoms with Gasteiger partial charge in [0.25, 0.3) is 0 Å². The van der Waals surface area contributed by atoms with Crippen molar-refractivity contribution >= 4 is 17.5 Å². The van der Waals surface area contributed by atoms with E-state index in [0.29, 0.717) is 19.0 Å². The first-order chi connectivity index (χ1) is 12.2. The lowest BCUT2D eigenvalue weighted by molar-refractivity contribution is -0.131. The van der Waals surface area contributed by atoms with Gasteiger partial charge in [-0.2, -0.15) is 0 Å². The second-order valence-electron chi connectivity index (χ2n) is 6.71. The molecule has 3 rings (SSSR count).